The van der Waals surface area contributed by atoms with Crippen LogP contribution in [0, 0.1) is 0 Å². The fourth-order valence-electron chi connectivity index (χ4n) is 2.47. The molecule has 1 unspecified atom stereocenters. The van der Waals surface area contributed by atoms with E-state index < -0.39 is 36.9 Å². The molecule has 1 N–H and O–H groups in total. The van der Waals surface area contributed by atoms with Crippen LogP contribution in [0.4, 0.5) is 8.78 Å². The first-order valence-corrected chi connectivity index (χ1v) is 9.01. The third-order valence-corrected chi connectivity index (χ3v) is 4.33. The number of nitrogens with one attached hydrogen (secondary N) is 1. The second-order valence-corrected chi connectivity index (χ2v) is 6.59. The van der Waals surface area contributed by atoms with Crippen LogP contribution in [0.25, 0.3) is 0 Å². The zero-order valence-corrected chi connectivity index (χ0v) is 16.9. The predicted molar refractivity (Wildman–Crippen MR) is 103 cm³/mol. The van der Waals surface area contributed by atoms with Crippen molar-refractivity contribution in [2.75, 3.05) is 13.7 Å². The first kappa shape index (κ1) is 22.7. The van der Waals surface area contributed by atoms with E-state index >= 15 is 0 Å². The molecular weight excluding hydrogens is 431 g/mol. The maximum absolute atomic E-state index is 12.6. The average Bonchev–Trinajstić information content (AvgIpc) is 2.65. The van der Waals surface area contributed by atoms with Crippen LogP contribution < -0.4 is 14.8 Å². The van der Waals surface area contributed by atoms with Gasteiger partial charge in [-0.05, 0) is 36.8 Å². The Labute approximate surface area is 175 Å². The molecule has 0 saturated carbocycles. The predicted octanol–water partition coefficient (Wildman–Crippen LogP) is 4.64. The van der Waals surface area contributed by atoms with E-state index in [4.69, 9.17) is 32.7 Å². The normalized spacial score (nSPS) is 11.7. The number of amides is 1. The Morgan fingerprint density at radius 2 is 1.90 bits per heavy atom. The molecule has 0 bridgehead atoms. The van der Waals surface area contributed by atoms with E-state index in [1.165, 1.54) is 31.4 Å². The van der Waals surface area contributed by atoms with Gasteiger partial charge in [0.1, 0.15) is 5.56 Å². The summed E-state index contributed by atoms with van der Waals surface area (Å²) < 4.78 is 39.5. The highest BCUT2D eigenvalue weighted by Crippen LogP contribution is 2.33. The van der Waals surface area contributed by atoms with Gasteiger partial charge in [0.15, 0.2) is 18.1 Å². The summed E-state index contributed by atoms with van der Waals surface area (Å²) in [7, 11) is 1.24. The second-order valence-electron chi connectivity index (χ2n) is 5.75. The van der Waals surface area contributed by atoms with Gasteiger partial charge >= 0.3 is 12.6 Å². The van der Waals surface area contributed by atoms with E-state index in [1.807, 2.05) is 0 Å². The minimum Gasteiger partial charge on any atom is -0.493 e. The lowest BCUT2D eigenvalue weighted by molar-refractivity contribution is -0.124. The number of hydrogen-bond acceptors (Lipinski definition) is 5. The Kier molecular flexibility index (Phi) is 8.04. The molecule has 6 nitrogen and oxygen atoms in total. The Balaban J connectivity index is 2.02. The maximum Gasteiger partial charge on any atom is 0.387 e. The molecule has 0 fully saturated rings. The number of benzene rings is 2. The van der Waals surface area contributed by atoms with Gasteiger partial charge in [0.25, 0.3) is 5.91 Å². The largest absolute Gasteiger partial charge is 0.493 e. The average molecular weight is 448 g/mol. The minimum absolute atomic E-state index is 0.0739. The molecule has 0 heterocycles. The van der Waals surface area contributed by atoms with Crippen LogP contribution in [0.1, 0.15) is 28.9 Å². The van der Waals surface area contributed by atoms with E-state index in [9.17, 15) is 18.4 Å². The van der Waals surface area contributed by atoms with Gasteiger partial charge in [-0.2, -0.15) is 8.78 Å². The van der Waals surface area contributed by atoms with Crippen LogP contribution in [-0.2, 0) is 9.53 Å². The van der Waals surface area contributed by atoms with E-state index in [-0.39, 0.29) is 11.3 Å². The molecule has 0 radical (unpaired) electrons. The molecule has 2 rings (SSSR count). The standard InChI is InChI=1S/C19H17Cl2F2NO5/c1-10(12-7-6-11(20)8-14(12)21)24-16(25)9-28-18(26)13-4-3-5-15(27-2)17(13)29-19(22)23/h3-8,10,19H,9H2,1-2H3,(H,24,25). The van der Waals surface area contributed by atoms with E-state index in [1.54, 1.807) is 19.1 Å². The fourth-order valence-corrected chi connectivity index (χ4v) is 3.04. The molecule has 0 aromatic heterocycles. The third-order valence-electron chi connectivity index (χ3n) is 3.77. The summed E-state index contributed by atoms with van der Waals surface area (Å²) in [6, 6.07) is 8.30. The van der Waals surface area contributed by atoms with Crippen LogP contribution in [0.15, 0.2) is 36.4 Å². The third kappa shape index (κ3) is 6.20. The fraction of sp³-hybridized carbons (Fsp3) is 0.263. The van der Waals surface area contributed by atoms with Gasteiger partial charge < -0.3 is 19.5 Å². The summed E-state index contributed by atoms with van der Waals surface area (Å²) in [6.45, 7) is -2.13. The van der Waals surface area contributed by atoms with Crippen LogP contribution in [0.5, 0.6) is 11.5 Å². The highest BCUT2D eigenvalue weighted by molar-refractivity contribution is 6.35. The molecule has 0 saturated heterocycles. The molecule has 0 aliphatic rings. The lowest BCUT2D eigenvalue weighted by Gasteiger charge is -2.16. The summed E-state index contributed by atoms with van der Waals surface area (Å²) >= 11 is 11.9. The number of esters is 1. The molecule has 2 aromatic carbocycles. The molecule has 29 heavy (non-hydrogen) atoms. The van der Waals surface area contributed by atoms with Crippen molar-refractivity contribution in [3.8, 4) is 11.5 Å². The van der Waals surface area contributed by atoms with Crippen molar-refractivity contribution in [3.63, 3.8) is 0 Å². The van der Waals surface area contributed by atoms with Crippen molar-refractivity contribution in [3.05, 3.63) is 57.6 Å². The first-order chi connectivity index (χ1) is 13.7. The molecule has 0 aliphatic carbocycles. The molecule has 0 aliphatic heterocycles. The monoisotopic (exact) mass is 447 g/mol. The number of para-hydroxylation sites is 1. The van der Waals surface area contributed by atoms with Gasteiger partial charge in [-0.1, -0.05) is 35.3 Å². The van der Waals surface area contributed by atoms with Crippen molar-refractivity contribution >= 4 is 35.1 Å². The van der Waals surface area contributed by atoms with Crippen LogP contribution in [0.3, 0.4) is 0 Å². The SMILES string of the molecule is COc1cccc(C(=O)OCC(=O)NC(C)c2ccc(Cl)cc2Cl)c1OC(F)F. The highest BCUT2D eigenvalue weighted by atomic mass is 35.5. The van der Waals surface area contributed by atoms with Gasteiger partial charge in [-0.15, -0.1) is 0 Å². The number of carbonyl (C=O) groups is 2. The quantitative estimate of drug-likeness (QED) is 0.596. The minimum atomic E-state index is -3.17. The first-order valence-electron chi connectivity index (χ1n) is 8.26. The summed E-state index contributed by atoms with van der Waals surface area (Å²) in [6.07, 6.45) is 0. The molecular formula is C19H17Cl2F2NO5. The number of hydrogen-bond donors (Lipinski definition) is 1. The highest BCUT2D eigenvalue weighted by Gasteiger charge is 2.22. The number of rotatable bonds is 8. The number of alkyl halides is 2. The Morgan fingerprint density at radius 3 is 2.52 bits per heavy atom. The Morgan fingerprint density at radius 1 is 1.17 bits per heavy atom. The number of carbonyl (C=O) groups excluding carboxylic acids is 2. The van der Waals surface area contributed by atoms with Crippen molar-refractivity contribution < 1.29 is 32.6 Å². The lowest BCUT2D eigenvalue weighted by Crippen LogP contribution is -2.31. The van der Waals surface area contributed by atoms with Gasteiger partial charge in [-0.25, -0.2) is 4.79 Å². The van der Waals surface area contributed by atoms with Crippen molar-refractivity contribution in [1.82, 2.24) is 5.32 Å². The number of halogens is 4. The zero-order chi connectivity index (χ0) is 21.6. The smallest absolute Gasteiger partial charge is 0.387 e. The molecule has 1 atom stereocenters. The van der Waals surface area contributed by atoms with E-state index in [0.717, 1.165) is 0 Å². The van der Waals surface area contributed by atoms with Crippen LogP contribution >= 0.6 is 23.2 Å². The Bertz CT molecular complexity index is 895. The molecule has 1 amide bonds. The Hall–Kier alpha value is -2.58. The molecule has 2 aromatic rings. The van der Waals surface area contributed by atoms with E-state index in [2.05, 4.69) is 10.1 Å². The summed E-state index contributed by atoms with van der Waals surface area (Å²) in [5.74, 6) is -2.19. The van der Waals surface area contributed by atoms with Crippen molar-refractivity contribution in [2.45, 2.75) is 19.6 Å². The van der Waals surface area contributed by atoms with Crippen LogP contribution in [-0.4, -0.2) is 32.2 Å². The molecule has 10 heteroatoms. The zero-order valence-electron chi connectivity index (χ0n) is 15.4. The van der Waals surface area contributed by atoms with Crippen molar-refractivity contribution in [2.24, 2.45) is 0 Å². The van der Waals surface area contributed by atoms with E-state index in [0.29, 0.717) is 15.6 Å². The molecule has 156 valence electrons. The van der Waals surface area contributed by atoms with Gasteiger partial charge in [0, 0.05) is 10.0 Å². The summed E-state index contributed by atoms with van der Waals surface area (Å²) in [4.78, 5) is 24.3. The second kappa shape index (κ2) is 10.3. The van der Waals surface area contributed by atoms with Gasteiger partial charge in [-0.3, -0.25) is 4.79 Å². The van der Waals surface area contributed by atoms with Crippen molar-refractivity contribution in [1.29, 1.82) is 0 Å². The maximum atomic E-state index is 12.6. The van der Waals surface area contributed by atoms with Crippen LogP contribution in [0.2, 0.25) is 10.0 Å². The topological polar surface area (TPSA) is 73.9 Å². The molecule has 0 spiro atoms. The summed E-state index contributed by atoms with van der Waals surface area (Å²) in [5, 5.41) is 3.43. The summed E-state index contributed by atoms with van der Waals surface area (Å²) in [5.41, 5.74) is 0.322. The van der Waals surface area contributed by atoms with Gasteiger partial charge in [0.05, 0.1) is 13.2 Å². The number of methoxy groups -OCH3 is 1. The lowest BCUT2D eigenvalue weighted by atomic mass is 10.1. The number of ether oxygens (including phenoxy) is 3. The van der Waals surface area contributed by atoms with Gasteiger partial charge in [0.2, 0.25) is 0 Å².